The number of pyridine rings is 1. The Morgan fingerprint density at radius 2 is 2.08 bits per heavy atom. The summed E-state index contributed by atoms with van der Waals surface area (Å²) in [5.74, 6) is 0.239. The molecule has 3 rings (SSSR count). The van der Waals surface area contributed by atoms with Crippen molar-refractivity contribution >= 4 is 11.7 Å². The molecule has 1 atom stereocenters. The van der Waals surface area contributed by atoms with Crippen LogP contribution in [0.15, 0.2) is 42.5 Å². The molecule has 5 nitrogen and oxygen atoms in total. The van der Waals surface area contributed by atoms with Gasteiger partial charge in [-0.25, -0.2) is 9.37 Å². The topological polar surface area (TPSA) is 68.5 Å². The van der Waals surface area contributed by atoms with Crippen molar-refractivity contribution in [2.24, 2.45) is 0 Å². The van der Waals surface area contributed by atoms with Crippen molar-refractivity contribution in [1.82, 2.24) is 9.88 Å². The first-order valence-corrected chi connectivity index (χ1v) is 7.98. The Hall–Kier alpha value is -2.47. The third kappa shape index (κ3) is 4.08. The number of halogens is 1. The molecule has 0 spiro atoms. The summed E-state index contributed by atoms with van der Waals surface area (Å²) in [5, 5.41) is 0. The zero-order valence-electron chi connectivity index (χ0n) is 13.3. The summed E-state index contributed by atoms with van der Waals surface area (Å²) in [6.45, 7) is 1.52. The minimum Gasteiger partial charge on any atom is -0.384 e. The molecule has 2 heterocycles. The van der Waals surface area contributed by atoms with Crippen LogP contribution in [0, 0.1) is 5.82 Å². The largest absolute Gasteiger partial charge is 0.384 e. The second-order valence-corrected chi connectivity index (χ2v) is 5.81. The van der Waals surface area contributed by atoms with Gasteiger partial charge in [0.05, 0.1) is 18.8 Å². The predicted octanol–water partition coefficient (Wildman–Crippen LogP) is 2.34. The second kappa shape index (κ2) is 7.40. The minimum absolute atomic E-state index is 0.0662. The van der Waals surface area contributed by atoms with Gasteiger partial charge in [-0.3, -0.25) is 4.79 Å². The summed E-state index contributed by atoms with van der Waals surface area (Å²) in [7, 11) is 0. The fourth-order valence-corrected chi connectivity index (χ4v) is 2.76. The predicted molar refractivity (Wildman–Crippen MR) is 88.6 cm³/mol. The summed E-state index contributed by atoms with van der Waals surface area (Å²) in [6, 6.07) is 11.6. The molecule has 0 bridgehead atoms. The SMILES string of the molecule is Nc1cccc(C2CN(C(=O)CCc3ccc(F)cc3)CCO2)n1. The molecule has 0 saturated carbocycles. The van der Waals surface area contributed by atoms with E-state index in [1.165, 1.54) is 12.1 Å². The maximum atomic E-state index is 12.9. The number of carbonyl (C=O) groups is 1. The van der Waals surface area contributed by atoms with Crippen LogP contribution in [0.4, 0.5) is 10.2 Å². The fourth-order valence-electron chi connectivity index (χ4n) is 2.76. The molecule has 1 aliphatic heterocycles. The third-order valence-corrected chi connectivity index (χ3v) is 4.08. The van der Waals surface area contributed by atoms with Gasteiger partial charge in [0.15, 0.2) is 0 Å². The first-order chi connectivity index (χ1) is 11.6. The number of aryl methyl sites for hydroxylation is 1. The number of benzene rings is 1. The highest BCUT2D eigenvalue weighted by Gasteiger charge is 2.26. The second-order valence-electron chi connectivity index (χ2n) is 5.81. The number of nitrogens with two attached hydrogens (primary N) is 1. The van der Waals surface area contributed by atoms with Crippen molar-refractivity contribution in [2.45, 2.75) is 18.9 Å². The first kappa shape index (κ1) is 16.4. The van der Waals surface area contributed by atoms with Crippen LogP contribution in [-0.4, -0.2) is 35.5 Å². The number of hydrogen-bond acceptors (Lipinski definition) is 4. The molecule has 1 aromatic heterocycles. The van der Waals surface area contributed by atoms with Gasteiger partial charge in [-0.15, -0.1) is 0 Å². The number of anilines is 1. The zero-order valence-corrected chi connectivity index (χ0v) is 13.3. The van der Waals surface area contributed by atoms with E-state index >= 15 is 0 Å². The number of hydrogen-bond donors (Lipinski definition) is 1. The number of carbonyl (C=O) groups excluding carboxylic acids is 1. The van der Waals surface area contributed by atoms with Crippen LogP contribution in [0.25, 0.3) is 0 Å². The number of ether oxygens (including phenoxy) is 1. The maximum absolute atomic E-state index is 12.9. The summed E-state index contributed by atoms with van der Waals surface area (Å²) in [5.41, 5.74) is 7.40. The quantitative estimate of drug-likeness (QED) is 0.935. The van der Waals surface area contributed by atoms with E-state index in [1.54, 1.807) is 23.1 Å². The molecule has 1 amide bonds. The summed E-state index contributed by atoms with van der Waals surface area (Å²) >= 11 is 0. The third-order valence-electron chi connectivity index (χ3n) is 4.08. The van der Waals surface area contributed by atoms with Gasteiger partial charge in [0.2, 0.25) is 5.91 Å². The van der Waals surface area contributed by atoms with E-state index in [9.17, 15) is 9.18 Å². The average molecular weight is 329 g/mol. The molecule has 24 heavy (non-hydrogen) atoms. The minimum atomic E-state index is -0.268. The lowest BCUT2D eigenvalue weighted by atomic mass is 10.1. The van der Waals surface area contributed by atoms with Gasteiger partial charge in [0.1, 0.15) is 17.7 Å². The standard InChI is InChI=1S/C18H20FN3O2/c19-14-7-4-13(5-8-14)6-9-18(23)22-10-11-24-16(12-22)15-2-1-3-17(20)21-15/h1-5,7-8,16H,6,9-12H2,(H2,20,21). The molecule has 1 aliphatic rings. The maximum Gasteiger partial charge on any atom is 0.223 e. The van der Waals surface area contributed by atoms with Gasteiger partial charge >= 0.3 is 0 Å². The Morgan fingerprint density at radius 1 is 1.29 bits per heavy atom. The van der Waals surface area contributed by atoms with Gasteiger partial charge in [-0.1, -0.05) is 18.2 Å². The van der Waals surface area contributed by atoms with Gasteiger partial charge in [-0.2, -0.15) is 0 Å². The van der Waals surface area contributed by atoms with E-state index in [0.29, 0.717) is 38.4 Å². The Labute approximate surface area is 140 Å². The number of aromatic nitrogens is 1. The summed E-state index contributed by atoms with van der Waals surface area (Å²) in [4.78, 5) is 18.5. The van der Waals surface area contributed by atoms with Crippen LogP contribution in [0.3, 0.4) is 0 Å². The highest BCUT2D eigenvalue weighted by molar-refractivity contribution is 5.76. The van der Waals surface area contributed by atoms with Gasteiger partial charge in [0, 0.05) is 13.0 Å². The van der Waals surface area contributed by atoms with E-state index in [0.717, 1.165) is 11.3 Å². The van der Waals surface area contributed by atoms with E-state index < -0.39 is 0 Å². The van der Waals surface area contributed by atoms with E-state index in [-0.39, 0.29) is 17.8 Å². The Bertz CT molecular complexity index is 706. The molecule has 1 aromatic carbocycles. The van der Waals surface area contributed by atoms with Gasteiger partial charge in [0.25, 0.3) is 0 Å². The van der Waals surface area contributed by atoms with Gasteiger partial charge < -0.3 is 15.4 Å². The van der Waals surface area contributed by atoms with Crippen molar-refractivity contribution in [2.75, 3.05) is 25.4 Å². The van der Waals surface area contributed by atoms with E-state index in [2.05, 4.69) is 4.98 Å². The van der Waals surface area contributed by atoms with Gasteiger partial charge in [-0.05, 0) is 36.2 Å². The van der Waals surface area contributed by atoms with Crippen molar-refractivity contribution in [3.05, 3.63) is 59.5 Å². The lowest BCUT2D eigenvalue weighted by Crippen LogP contribution is -2.42. The lowest BCUT2D eigenvalue weighted by Gasteiger charge is -2.32. The molecule has 1 fully saturated rings. The Balaban J connectivity index is 1.57. The monoisotopic (exact) mass is 329 g/mol. The van der Waals surface area contributed by atoms with Crippen molar-refractivity contribution in [3.63, 3.8) is 0 Å². The molecule has 1 saturated heterocycles. The molecular weight excluding hydrogens is 309 g/mol. The fraction of sp³-hybridized carbons (Fsp3) is 0.333. The van der Waals surface area contributed by atoms with Crippen LogP contribution in [-0.2, 0) is 16.0 Å². The van der Waals surface area contributed by atoms with Crippen LogP contribution in [0.2, 0.25) is 0 Å². The van der Waals surface area contributed by atoms with E-state index in [4.69, 9.17) is 10.5 Å². The first-order valence-electron chi connectivity index (χ1n) is 7.98. The zero-order chi connectivity index (χ0) is 16.9. The molecule has 0 radical (unpaired) electrons. The number of rotatable bonds is 4. The highest BCUT2D eigenvalue weighted by atomic mass is 19.1. The average Bonchev–Trinajstić information content (AvgIpc) is 2.61. The molecule has 6 heteroatoms. The molecule has 0 aliphatic carbocycles. The van der Waals surface area contributed by atoms with Crippen LogP contribution in [0.1, 0.15) is 23.8 Å². The summed E-state index contributed by atoms with van der Waals surface area (Å²) in [6.07, 6.45) is 0.734. The molecular formula is C18H20FN3O2. The molecule has 2 aromatic rings. The van der Waals surface area contributed by atoms with Crippen LogP contribution in [0.5, 0.6) is 0 Å². The Kier molecular flexibility index (Phi) is 5.05. The number of amides is 1. The lowest BCUT2D eigenvalue weighted by molar-refractivity contribution is -0.139. The van der Waals surface area contributed by atoms with Crippen molar-refractivity contribution < 1.29 is 13.9 Å². The summed E-state index contributed by atoms with van der Waals surface area (Å²) < 4.78 is 18.6. The normalized spacial score (nSPS) is 17.7. The van der Waals surface area contributed by atoms with Crippen molar-refractivity contribution in [3.8, 4) is 0 Å². The van der Waals surface area contributed by atoms with Crippen LogP contribution >= 0.6 is 0 Å². The number of nitrogens with zero attached hydrogens (tertiary/aromatic N) is 2. The molecule has 126 valence electrons. The smallest absolute Gasteiger partial charge is 0.223 e. The molecule has 2 N–H and O–H groups in total. The number of morpholine rings is 1. The molecule has 1 unspecified atom stereocenters. The van der Waals surface area contributed by atoms with Crippen molar-refractivity contribution in [1.29, 1.82) is 0 Å². The highest BCUT2D eigenvalue weighted by Crippen LogP contribution is 2.22. The number of nitrogen functional groups attached to an aromatic ring is 1. The van der Waals surface area contributed by atoms with Crippen LogP contribution < -0.4 is 5.73 Å². The van der Waals surface area contributed by atoms with E-state index in [1.807, 2.05) is 12.1 Å². The Morgan fingerprint density at radius 3 is 2.83 bits per heavy atom.